The Bertz CT molecular complexity index is 1100. The highest BCUT2D eigenvalue weighted by Gasteiger charge is 2.26. The molecule has 2 aliphatic heterocycles. The first-order valence-electron chi connectivity index (χ1n) is 9.45. The van der Waals surface area contributed by atoms with Gasteiger partial charge in [-0.2, -0.15) is 0 Å². The molecule has 0 aliphatic carbocycles. The van der Waals surface area contributed by atoms with Crippen LogP contribution in [0.2, 0.25) is 0 Å². The summed E-state index contributed by atoms with van der Waals surface area (Å²) in [7, 11) is 0. The number of nitrogens with one attached hydrogen (secondary N) is 1. The molecule has 1 N–H and O–H groups in total. The lowest BCUT2D eigenvalue weighted by Crippen LogP contribution is -2.30. The van der Waals surface area contributed by atoms with Gasteiger partial charge in [0.15, 0.2) is 0 Å². The summed E-state index contributed by atoms with van der Waals surface area (Å²) in [6.07, 6.45) is 3.94. The highest BCUT2D eigenvalue weighted by molar-refractivity contribution is 6.33. The minimum atomic E-state index is -0.339. The molecule has 0 aromatic heterocycles. The number of hydrogen-bond donors (Lipinski definition) is 1. The van der Waals surface area contributed by atoms with E-state index in [0.29, 0.717) is 11.3 Å². The maximum atomic E-state index is 11.5. The van der Waals surface area contributed by atoms with Crippen LogP contribution in [0.5, 0.6) is 0 Å². The van der Waals surface area contributed by atoms with Gasteiger partial charge in [-0.15, -0.1) is 0 Å². The summed E-state index contributed by atoms with van der Waals surface area (Å²) < 4.78 is 0. The Morgan fingerprint density at radius 1 is 0.800 bits per heavy atom. The lowest BCUT2D eigenvalue weighted by atomic mass is 10.0. The van der Waals surface area contributed by atoms with E-state index in [1.165, 1.54) is 23.1 Å². The van der Waals surface area contributed by atoms with Crippen LogP contribution in [0.25, 0.3) is 5.57 Å². The van der Waals surface area contributed by atoms with Gasteiger partial charge in [-0.05, 0) is 50.5 Å². The fraction of sp³-hybridized carbons (Fsp3) is 0.167. The van der Waals surface area contributed by atoms with Gasteiger partial charge in [-0.25, -0.2) is 4.90 Å². The summed E-state index contributed by atoms with van der Waals surface area (Å²) in [5.41, 5.74) is 6.12. The molecular formula is C24H22N2O4. The van der Waals surface area contributed by atoms with Gasteiger partial charge in [0.1, 0.15) is 0 Å². The van der Waals surface area contributed by atoms with E-state index in [1.807, 2.05) is 58.0 Å². The van der Waals surface area contributed by atoms with E-state index in [1.54, 1.807) is 6.07 Å². The maximum absolute atomic E-state index is 11.5. The van der Waals surface area contributed by atoms with Crippen LogP contribution in [0.15, 0.2) is 54.6 Å². The van der Waals surface area contributed by atoms with Crippen molar-refractivity contribution in [3.05, 3.63) is 82.4 Å². The lowest BCUT2D eigenvalue weighted by molar-refractivity contribution is -0.123. The van der Waals surface area contributed by atoms with Crippen molar-refractivity contribution in [2.75, 3.05) is 4.90 Å². The van der Waals surface area contributed by atoms with Gasteiger partial charge in [0.25, 0.3) is 23.6 Å². The van der Waals surface area contributed by atoms with Crippen molar-refractivity contribution in [3.8, 4) is 0 Å². The zero-order valence-electron chi connectivity index (χ0n) is 17.3. The van der Waals surface area contributed by atoms with Gasteiger partial charge in [0, 0.05) is 18.2 Å². The minimum absolute atomic E-state index is 0.270. The van der Waals surface area contributed by atoms with E-state index in [2.05, 4.69) is 5.32 Å². The van der Waals surface area contributed by atoms with E-state index < -0.39 is 0 Å². The third-order valence-electron chi connectivity index (χ3n) is 4.92. The Morgan fingerprint density at radius 3 is 1.93 bits per heavy atom. The third kappa shape index (κ3) is 4.27. The van der Waals surface area contributed by atoms with Crippen LogP contribution < -0.4 is 10.2 Å². The van der Waals surface area contributed by atoms with Crippen LogP contribution in [0.3, 0.4) is 0 Å². The molecule has 2 aliphatic rings. The molecule has 4 rings (SSSR count). The summed E-state index contributed by atoms with van der Waals surface area (Å²) in [5.74, 6) is -1.19. The van der Waals surface area contributed by atoms with E-state index in [4.69, 9.17) is 0 Å². The van der Waals surface area contributed by atoms with Crippen molar-refractivity contribution in [2.45, 2.75) is 27.7 Å². The first-order chi connectivity index (χ1) is 14.2. The van der Waals surface area contributed by atoms with Crippen molar-refractivity contribution < 1.29 is 19.2 Å². The first kappa shape index (κ1) is 20.9. The molecule has 0 atom stereocenters. The normalized spacial score (nSPS) is 15.2. The smallest absolute Gasteiger partial charge is 0.258 e. The van der Waals surface area contributed by atoms with E-state index in [-0.39, 0.29) is 23.6 Å². The van der Waals surface area contributed by atoms with Gasteiger partial charge in [0.05, 0.1) is 11.3 Å². The molecule has 6 heteroatoms. The molecule has 2 aromatic rings. The first-order valence-corrected chi connectivity index (χ1v) is 9.45. The van der Waals surface area contributed by atoms with Crippen molar-refractivity contribution in [1.29, 1.82) is 0 Å². The largest absolute Gasteiger partial charge is 0.289 e. The zero-order valence-corrected chi connectivity index (χ0v) is 17.3. The molecular weight excluding hydrogens is 380 g/mol. The van der Waals surface area contributed by atoms with Crippen LogP contribution in [0.4, 0.5) is 5.69 Å². The summed E-state index contributed by atoms with van der Waals surface area (Å²) in [5, 5.41) is 2.23. The summed E-state index contributed by atoms with van der Waals surface area (Å²) >= 11 is 0. The summed E-state index contributed by atoms with van der Waals surface area (Å²) in [6, 6.07) is 11.4. The van der Waals surface area contributed by atoms with Crippen LogP contribution in [-0.4, -0.2) is 23.6 Å². The standard InChI is InChI=1S/2C12H11NO2/c1-7-3-8(2)5-9(4-7)10-6-11(14)13-12(10)15;1-8-4-3-5-10(9(8)2)13-11(14)6-7-12(13)15/h3-6H,1-2H3,(H,13,14,15);3-7H,1-2H3. The quantitative estimate of drug-likeness (QED) is 0.783. The van der Waals surface area contributed by atoms with E-state index in [0.717, 1.165) is 27.8 Å². The number of nitrogens with zero attached hydrogens (tertiary/aromatic N) is 1. The van der Waals surface area contributed by atoms with Crippen LogP contribution in [-0.2, 0) is 19.2 Å². The summed E-state index contributed by atoms with van der Waals surface area (Å²) in [4.78, 5) is 46.5. The fourth-order valence-corrected chi connectivity index (χ4v) is 3.37. The van der Waals surface area contributed by atoms with Gasteiger partial charge >= 0.3 is 0 Å². The number of aryl methyl sites for hydroxylation is 3. The van der Waals surface area contributed by atoms with Crippen molar-refractivity contribution in [3.63, 3.8) is 0 Å². The second kappa shape index (κ2) is 8.29. The van der Waals surface area contributed by atoms with Gasteiger partial charge in [-0.3, -0.25) is 24.5 Å². The second-order valence-corrected chi connectivity index (χ2v) is 7.32. The molecule has 0 fully saturated rings. The van der Waals surface area contributed by atoms with Gasteiger partial charge in [0.2, 0.25) is 0 Å². The molecule has 0 bridgehead atoms. The Labute approximate surface area is 174 Å². The van der Waals surface area contributed by atoms with Crippen molar-refractivity contribution in [1.82, 2.24) is 5.32 Å². The predicted molar refractivity (Wildman–Crippen MR) is 115 cm³/mol. The van der Waals surface area contributed by atoms with Crippen LogP contribution in [0, 0.1) is 27.7 Å². The fourth-order valence-electron chi connectivity index (χ4n) is 3.37. The zero-order chi connectivity index (χ0) is 22.0. The Morgan fingerprint density at radius 2 is 1.40 bits per heavy atom. The topological polar surface area (TPSA) is 83.6 Å². The Balaban J connectivity index is 0.000000171. The molecule has 0 unspecified atom stereocenters. The molecule has 4 amide bonds. The molecule has 0 saturated heterocycles. The number of benzene rings is 2. The monoisotopic (exact) mass is 402 g/mol. The van der Waals surface area contributed by atoms with E-state index in [9.17, 15) is 19.2 Å². The molecule has 2 heterocycles. The minimum Gasteiger partial charge on any atom is -0.289 e. The molecule has 6 nitrogen and oxygen atoms in total. The number of imide groups is 2. The number of carbonyl (C=O) groups is 4. The molecule has 30 heavy (non-hydrogen) atoms. The molecule has 0 radical (unpaired) electrons. The summed E-state index contributed by atoms with van der Waals surface area (Å²) in [6.45, 7) is 7.79. The number of anilines is 1. The van der Waals surface area contributed by atoms with Crippen molar-refractivity contribution in [2.24, 2.45) is 0 Å². The number of hydrogen-bond acceptors (Lipinski definition) is 4. The third-order valence-corrected chi connectivity index (χ3v) is 4.92. The van der Waals surface area contributed by atoms with Crippen LogP contribution >= 0.6 is 0 Å². The molecule has 0 spiro atoms. The van der Waals surface area contributed by atoms with Crippen LogP contribution in [0.1, 0.15) is 27.8 Å². The molecule has 152 valence electrons. The molecule has 2 aromatic carbocycles. The Kier molecular flexibility index (Phi) is 5.78. The Hall–Kier alpha value is -3.80. The van der Waals surface area contributed by atoms with E-state index >= 15 is 0 Å². The lowest BCUT2D eigenvalue weighted by Gasteiger charge is -2.17. The predicted octanol–water partition coefficient (Wildman–Crippen LogP) is 3.08. The van der Waals surface area contributed by atoms with Gasteiger partial charge in [-0.1, -0.05) is 41.5 Å². The number of amides is 4. The molecule has 0 saturated carbocycles. The van der Waals surface area contributed by atoms with Gasteiger partial charge < -0.3 is 0 Å². The number of rotatable bonds is 2. The second-order valence-electron chi connectivity index (χ2n) is 7.32. The highest BCUT2D eigenvalue weighted by Crippen LogP contribution is 2.25. The average Bonchev–Trinajstić information content (AvgIpc) is 3.18. The highest BCUT2D eigenvalue weighted by atomic mass is 16.2. The van der Waals surface area contributed by atoms with Crippen molar-refractivity contribution >= 4 is 34.9 Å². The maximum Gasteiger partial charge on any atom is 0.258 e. The number of carbonyl (C=O) groups excluding carboxylic acids is 4. The SMILES string of the molecule is Cc1cc(C)cc(C2=CC(=O)NC2=O)c1.Cc1cccc(N2C(=O)C=CC2=O)c1C. The average molecular weight is 402 g/mol.